The number of anilines is 1. The standard InChI is InChI=1S/C14H20FNO/c1-3-17-14-9-11(15)7-8-13(14)16-12-6-4-5-10(12)2/h7-10,12,16H,3-6H2,1-2H3. The Morgan fingerprint density at radius 1 is 1.41 bits per heavy atom. The number of ether oxygens (including phenoxy) is 1. The van der Waals surface area contributed by atoms with E-state index in [0.717, 1.165) is 5.69 Å². The molecule has 2 atom stereocenters. The summed E-state index contributed by atoms with van der Waals surface area (Å²) in [6, 6.07) is 5.18. The van der Waals surface area contributed by atoms with Crippen molar-refractivity contribution in [2.75, 3.05) is 11.9 Å². The normalized spacial score (nSPS) is 23.7. The van der Waals surface area contributed by atoms with Crippen molar-refractivity contribution in [3.05, 3.63) is 24.0 Å². The van der Waals surface area contributed by atoms with Crippen LogP contribution in [0.2, 0.25) is 0 Å². The average Bonchev–Trinajstić information content (AvgIpc) is 2.69. The van der Waals surface area contributed by atoms with Gasteiger partial charge in [-0.2, -0.15) is 0 Å². The van der Waals surface area contributed by atoms with E-state index in [1.807, 2.05) is 6.92 Å². The number of nitrogens with one attached hydrogen (secondary N) is 1. The third kappa shape index (κ3) is 2.90. The van der Waals surface area contributed by atoms with Crippen LogP contribution in [-0.2, 0) is 0 Å². The third-order valence-electron chi connectivity index (χ3n) is 3.45. The van der Waals surface area contributed by atoms with Crippen molar-refractivity contribution in [2.45, 2.75) is 39.2 Å². The van der Waals surface area contributed by atoms with Crippen LogP contribution in [-0.4, -0.2) is 12.6 Å². The number of hydrogen-bond donors (Lipinski definition) is 1. The molecule has 1 aromatic carbocycles. The van der Waals surface area contributed by atoms with Crippen molar-refractivity contribution < 1.29 is 9.13 Å². The highest BCUT2D eigenvalue weighted by molar-refractivity contribution is 5.57. The molecular weight excluding hydrogens is 217 g/mol. The van der Waals surface area contributed by atoms with E-state index >= 15 is 0 Å². The summed E-state index contributed by atoms with van der Waals surface area (Å²) in [7, 11) is 0. The summed E-state index contributed by atoms with van der Waals surface area (Å²) in [5.41, 5.74) is 0.909. The molecule has 0 heterocycles. The van der Waals surface area contributed by atoms with Crippen LogP contribution in [0.25, 0.3) is 0 Å². The van der Waals surface area contributed by atoms with E-state index in [-0.39, 0.29) is 5.82 Å². The van der Waals surface area contributed by atoms with Gasteiger partial charge in [-0.3, -0.25) is 0 Å². The SMILES string of the molecule is CCOc1cc(F)ccc1NC1CCCC1C. The molecule has 1 N–H and O–H groups in total. The summed E-state index contributed by atoms with van der Waals surface area (Å²) in [6.07, 6.45) is 3.72. The van der Waals surface area contributed by atoms with Gasteiger partial charge in [-0.1, -0.05) is 13.3 Å². The molecule has 1 aromatic rings. The number of benzene rings is 1. The fourth-order valence-corrected chi connectivity index (χ4v) is 2.45. The maximum atomic E-state index is 13.2. The van der Waals surface area contributed by atoms with E-state index in [1.165, 1.54) is 31.4 Å². The zero-order valence-corrected chi connectivity index (χ0v) is 10.5. The fourth-order valence-electron chi connectivity index (χ4n) is 2.45. The molecule has 0 aliphatic heterocycles. The molecule has 3 heteroatoms. The van der Waals surface area contributed by atoms with Gasteiger partial charge in [0, 0.05) is 12.1 Å². The summed E-state index contributed by atoms with van der Waals surface area (Å²) in [6.45, 7) is 4.72. The van der Waals surface area contributed by atoms with Crippen LogP contribution >= 0.6 is 0 Å². The summed E-state index contributed by atoms with van der Waals surface area (Å²) < 4.78 is 18.6. The molecule has 17 heavy (non-hydrogen) atoms. The predicted molar refractivity (Wildman–Crippen MR) is 68.0 cm³/mol. The second-order valence-electron chi connectivity index (χ2n) is 4.73. The molecule has 0 radical (unpaired) electrons. The summed E-state index contributed by atoms with van der Waals surface area (Å²) in [4.78, 5) is 0. The van der Waals surface area contributed by atoms with Crippen LogP contribution in [0.1, 0.15) is 33.1 Å². The van der Waals surface area contributed by atoms with Crippen molar-refractivity contribution in [1.29, 1.82) is 0 Å². The largest absolute Gasteiger partial charge is 0.492 e. The number of rotatable bonds is 4. The van der Waals surface area contributed by atoms with Crippen molar-refractivity contribution in [2.24, 2.45) is 5.92 Å². The van der Waals surface area contributed by atoms with E-state index in [0.29, 0.717) is 24.3 Å². The molecule has 0 amide bonds. The highest BCUT2D eigenvalue weighted by atomic mass is 19.1. The van der Waals surface area contributed by atoms with Gasteiger partial charge in [0.05, 0.1) is 12.3 Å². The molecule has 1 fully saturated rings. The van der Waals surface area contributed by atoms with Gasteiger partial charge in [0.15, 0.2) is 0 Å². The lowest BCUT2D eigenvalue weighted by Gasteiger charge is -2.20. The minimum atomic E-state index is -0.251. The molecular formula is C14H20FNO. The Balaban J connectivity index is 2.13. The minimum absolute atomic E-state index is 0.251. The highest BCUT2D eigenvalue weighted by Gasteiger charge is 2.23. The van der Waals surface area contributed by atoms with Gasteiger partial charge in [0.2, 0.25) is 0 Å². The minimum Gasteiger partial charge on any atom is -0.492 e. The Bertz CT molecular complexity index is 380. The second kappa shape index (κ2) is 5.39. The quantitative estimate of drug-likeness (QED) is 0.859. The molecule has 0 bridgehead atoms. The molecule has 2 rings (SSSR count). The number of hydrogen-bond acceptors (Lipinski definition) is 2. The first-order valence-corrected chi connectivity index (χ1v) is 6.39. The average molecular weight is 237 g/mol. The van der Waals surface area contributed by atoms with Crippen LogP contribution in [0.5, 0.6) is 5.75 Å². The van der Waals surface area contributed by atoms with Gasteiger partial charge in [-0.25, -0.2) is 4.39 Å². The third-order valence-corrected chi connectivity index (χ3v) is 3.45. The van der Waals surface area contributed by atoms with Crippen LogP contribution < -0.4 is 10.1 Å². The van der Waals surface area contributed by atoms with E-state index in [1.54, 1.807) is 6.07 Å². The summed E-state index contributed by atoms with van der Waals surface area (Å²) in [5.74, 6) is 1.04. The molecule has 1 aliphatic rings. The first-order valence-electron chi connectivity index (χ1n) is 6.39. The van der Waals surface area contributed by atoms with Crippen molar-refractivity contribution in [3.63, 3.8) is 0 Å². The van der Waals surface area contributed by atoms with Crippen LogP contribution in [0.3, 0.4) is 0 Å². The smallest absolute Gasteiger partial charge is 0.145 e. The Morgan fingerprint density at radius 3 is 2.88 bits per heavy atom. The van der Waals surface area contributed by atoms with E-state index < -0.39 is 0 Å². The zero-order chi connectivity index (χ0) is 12.3. The Hall–Kier alpha value is -1.25. The van der Waals surface area contributed by atoms with Gasteiger partial charge in [-0.05, 0) is 37.8 Å². The van der Waals surface area contributed by atoms with E-state index in [9.17, 15) is 4.39 Å². The lowest BCUT2D eigenvalue weighted by atomic mass is 10.1. The Kier molecular flexibility index (Phi) is 3.87. The maximum absolute atomic E-state index is 13.2. The van der Waals surface area contributed by atoms with Crippen LogP contribution in [0, 0.1) is 11.7 Å². The van der Waals surface area contributed by atoms with Gasteiger partial charge >= 0.3 is 0 Å². The van der Waals surface area contributed by atoms with Gasteiger partial charge < -0.3 is 10.1 Å². The van der Waals surface area contributed by atoms with Crippen molar-refractivity contribution in [3.8, 4) is 5.75 Å². The topological polar surface area (TPSA) is 21.3 Å². The first-order chi connectivity index (χ1) is 8.20. The zero-order valence-electron chi connectivity index (χ0n) is 10.5. The van der Waals surface area contributed by atoms with E-state index in [4.69, 9.17) is 4.74 Å². The lowest BCUT2D eigenvalue weighted by molar-refractivity contribution is 0.339. The molecule has 1 saturated carbocycles. The van der Waals surface area contributed by atoms with Crippen molar-refractivity contribution in [1.82, 2.24) is 0 Å². The molecule has 2 unspecified atom stereocenters. The van der Waals surface area contributed by atoms with Crippen molar-refractivity contribution >= 4 is 5.69 Å². The predicted octanol–water partition coefficient (Wildman–Crippen LogP) is 3.82. The molecule has 94 valence electrons. The second-order valence-corrected chi connectivity index (χ2v) is 4.73. The lowest BCUT2D eigenvalue weighted by Crippen LogP contribution is -2.22. The van der Waals surface area contributed by atoms with Gasteiger partial charge in [-0.15, -0.1) is 0 Å². The number of halogens is 1. The monoisotopic (exact) mass is 237 g/mol. The maximum Gasteiger partial charge on any atom is 0.145 e. The van der Waals surface area contributed by atoms with Crippen LogP contribution in [0.15, 0.2) is 18.2 Å². The Morgan fingerprint density at radius 2 is 2.24 bits per heavy atom. The van der Waals surface area contributed by atoms with E-state index in [2.05, 4.69) is 12.2 Å². The fraction of sp³-hybridized carbons (Fsp3) is 0.571. The van der Waals surface area contributed by atoms with Gasteiger partial charge in [0.25, 0.3) is 0 Å². The molecule has 0 saturated heterocycles. The molecule has 0 aromatic heterocycles. The first kappa shape index (κ1) is 12.2. The van der Waals surface area contributed by atoms with Gasteiger partial charge in [0.1, 0.15) is 11.6 Å². The van der Waals surface area contributed by atoms with Crippen LogP contribution in [0.4, 0.5) is 10.1 Å². The molecule has 0 spiro atoms. The summed E-state index contributed by atoms with van der Waals surface area (Å²) >= 11 is 0. The molecule has 1 aliphatic carbocycles. The highest BCUT2D eigenvalue weighted by Crippen LogP contribution is 2.32. The summed E-state index contributed by atoms with van der Waals surface area (Å²) in [5, 5.41) is 3.48. The Labute approximate surface area is 102 Å². The molecule has 2 nitrogen and oxygen atoms in total.